The Balaban J connectivity index is 1.82. The summed E-state index contributed by atoms with van der Waals surface area (Å²) < 4.78 is 5.54. The highest BCUT2D eigenvalue weighted by Crippen LogP contribution is 2.37. The molecule has 1 aromatic rings. The van der Waals surface area contributed by atoms with E-state index in [9.17, 15) is 0 Å². The lowest BCUT2D eigenvalue weighted by atomic mass is 10.00. The van der Waals surface area contributed by atoms with Gasteiger partial charge in [0, 0.05) is 9.75 Å². The summed E-state index contributed by atoms with van der Waals surface area (Å²) in [5, 5.41) is 3.71. The molecule has 0 bridgehead atoms. The predicted molar refractivity (Wildman–Crippen MR) is 80.6 cm³/mol. The molecule has 0 amide bonds. The van der Waals surface area contributed by atoms with Gasteiger partial charge < -0.3 is 10.1 Å². The van der Waals surface area contributed by atoms with Crippen molar-refractivity contribution in [2.24, 2.45) is 0 Å². The molecule has 1 aromatic heterocycles. The quantitative estimate of drug-likeness (QED) is 0.879. The monoisotopic (exact) mass is 277 g/mol. The van der Waals surface area contributed by atoms with Crippen molar-refractivity contribution in [3.8, 4) is 0 Å². The third-order valence-corrected chi connectivity index (χ3v) is 5.28. The van der Waals surface area contributed by atoms with Crippen molar-refractivity contribution in [2.75, 3.05) is 13.2 Å². The van der Waals surface area contributed by atoms with Crippen LogP contribution in [0, 0.1) is 0 Å². The standard InChI is InChI=1S/C16H23NOS/c1-2-8-17-16(13-6-4-9-18-11-13)15-10-12-5-3-7-14(12)19-15/h10-11,16-17H,2-9H2,1H3. The third kappa shape index (κ3) is 2.87. The van der Waals surface area contributed by atoms with Crippen molar-refractivity contribution < 1.29 is 4.74 Å². The molecule has 1 atom stereocenters. The lowest BCUT2D eigenvalue weighted by molar-refractivity contribution is 0.219. The fourth-order valence-electron chi connectivity index (χ4n) is 2.99. The minimum Gasteiger partial charge on any atom is -0.501 e. The average Bonchev–Trinajstić information content (AvgIpc) is 3.02. The zero-order valence-corrected chi connectivity index (χ0v) is 12.5. The average molecular weight is 277 g/mol. The minimum atomic E-state index is 0.385. The van der Waals surface area contributed by atoms with Crippen LogP contribution in [0.1, 0.15) is 54.0 Å². The van der Waals surface area contributed by atoms with Gasteiger partial charge in [-0.25, -0.2) is 0 Å². The first-order valence-electron chi connectivity index (χ1n) is 7.54. The number of ether oxygens (including phenoxy) is 1. The van der Waals surface area contributed by atoms with Crippen LogP contribution in [0.2, 0.25) is 0 Å². The Kier molecular flexibility index (Phi) is 4.24. The number of hydrogen-bond donors (Lipinski definition) is 1. The number of nitrogens with one attached hydrogen (secondary N) is 1. The fraction of sp³-hybridized carbons (Fsp3) is 0.625. The number of aryl methyl sites for hydroxylation is 2. The first-order valence-corrected chi connectivity index (χ1v) is 8.35. The van der Waals surface area contributed by atoms with Gasteiger partial charge in [0.15, 0.2) is 0 Å². The number of hydrogen-bond acceptors (Lipinski definition) is 3. The van der Waals surface area contributed by atoms with Crippen molar-refractivity contribution in [3.05, 3.63) is 33.2 Å². The van der Waals surface area contributed by atoms with Crippen LogP contribution >= 0.6 is 11.3 Å². The molecular weight excluding hydrogens is 254 g/mol. The molecule has 1 aliphatic heterocycles. The Bertz CT molecular complexity index is 442. The molecule has 3 rings (SSSR count). The number of fused-ring (bicyclic) bond motifs is 1. The molecule has 2 aliphatic rings. The van der Waals surface area contributed by atoms with E-state index < -0.39 is 0 Å². The first-order chi connectivity index (χ1) is 9.38. The van der Waals surface area contributed by atoms with Crippen LogP contribution in [0.3, 0.4) is 0 Å². The molecule has 0 saturated heterocycles. The summed E-state index contributed by atoms with van der Waals surface area (Å²) in [5.74, 6) is 0. The van der Waals surface area contributed by atoms with E-state index in [0.29, 0.717) is 6.04 Å². The molecule has 0 spiro atoms. The second kappa shape index (κ2) is 6.10. The van der Waals surface area contributed by atoms with Gasteiger partial charge in [-0.05, 0) is 62.3 Å². The smallest absolute Gasteiger partial charge is 0.0876 e. The van der Waals surface area contributed by atoms with Gasteiger partial charge >= 0.3 is 0 Å². The molecular formula is C16H23NOS. The Morgan fingerprint density at radius 1 is 1.32 bits per heavy atom. The summed E-state index contributed by atoms with van der Waals surface area (Å²) in [6, 6.07) is 2.83. The van der Waals surface area contributed by atoms with Crippen molar-refractivity contribution >= 4 is 11.3 Å². The van der Waals surface area contributed by atoms with Crippen molar-refractivity contribution in [2.45, 2.75) is 51.5 Å². The summed E-state index contributed by atoms with van der Waals surface area (Å²) in [6.07, 6.45) is 9.42. The highest BCUT2D eigenvalue weighted by Gasteiger charge is 2.23. The largest absolute Gasteiger partial charge is 0.501 e. The van der Waals surface area contributed by atoms with E-state index in [0.717, 1.165) is 19.6 Å². The van der Waals surface area contributed by atoms with Gasteiger partial charge in [0.05, 0.1) is 18.9 Å². The molecule has 1 unspecified atom stereocenters. The zero-order valence-electron chi connectivity index (χ0n) is 11.7. The minimum absolute atomic E-state index is 0.385. The zero-order chi connectivity index (χ0) is 13.1. The van der Waals surface area contributed by atoms with E-state index in [1.807, 2.05) is 17.6 Å². The molecule has 2 nitrogen and oxygen atoms in total. The van der Waals surface area contributed by atoms with E-state index in [1.54, 1.807) is 10.4 Å². The molecule has 104 valence electrons. The molecule has 2 heterocycles. The lowest BCUT2D eigenvalue weighted by Crippen LogP contribution is -2.24. The van der Waals surface area contributed by atoms with Gasteiger partial charge in [-0.15, -0.1) is 11.3 Å². The van der Waals surface area contributed by atoms with Gasteiger partial charge in [0.25, 0.3) is 0 Å². The normalized spacial score (nSPS) is 19.7. The van der Waals surface area contributed by atoms with Crippen molar-refractivity contribution in [1.29, 1.82) is 0 Å². The van der Waals surface area contributed by atoms with Crippen LogP contribution in [0.15, 0.2) is 17.9 Å². The SMILES string of the molecule is CCCNC(C1=COCCC1)c1cc2c(s1)CCC2. The molecule has 0 fully saturated rings. The summed E-state index contributed by atoms with van der Waals surface area (Å²) in [6.45, 7) is 4.18. The van der Waals surface area contributed by atoms with Crippen molar-refractivity contribution in [1.82, 2.24) is 5.32 Å². The van der Waals surface area contributed by atoms with Gasteiger partial charge in [0.2, 0.25) is 0 Å². The third-order valence-electron chi connectivity index (χ3n) is 3.98. The first kappa shape index (κ1) is 13.2. The second-order valence-corrected chi connectivity index (χ2v) is 6.67. The molecule has 0 saturated carbocycles. The molecule has 19 heavy (non-hydrogen) atoms. The van der Waals surface area contributed by atoms with Crippen LogP contribution in [0.5, 0.6) is 0 Å². The second-order valence-electron chi connectivity index (χ2n) is 5.50. The van der Waals surface area contributed by atoms with Crippen molar-refractivity contribution in [3.63, 3.8) is 0 Å². The summed E-state index contributed by atoms with van der Waals surface area (Å²) in [4.78, 5) is 3.12. The van der Waals surface area contributed by atoms with E-state index in [4.69, 9.17) is 4.74 Å². The Morgan fingerprint density at radius 3 is 3.00 bits per heavy atom. The van der Waals surface area contributed by atoms with Gasteiger partial charge in [-0.1, -0.05) is 6.92 Å². The van der Waals surface area contributed by atoms with Gasteiger partial charge in [-0.3, -0.25) is 0 Å². The molecule has 3 heteroatoms. The van der Waals surface area contributed by atoms with Gasteiger partial charge in [0.1, 0.15) is 0 Å². The predicted octanol–water partition coefficient (Wildman–Crippen LogP) is 3.97. The van der Waals surface area contributed by atoms with Crippen LogP contribution in [-0.2, 0) is 17.6 Å². The van der Waals surface area contributed by atoms with E-state index in [1.165, 1.54) is 42.6 Å². The molecule has 0 aromatic carbocycles. The molecule has 0 radical (unpaired) electrons. The van der Waals surface area contributed by atoms with Crippen LogP contribution < -0.4 is 5.32 Å². The summed E-state index contributed by atoms with van der Waals surface area (Å²) in [7, 11) is 0. The maximum absolute atomic E-state index is 5.54. The van der Waals surface area contributed by atoms with Crippen LogP contribution in [0.4, 0.5) is 0 Å². The van der Waals surface area contributed by atoms with Crippen LogP contribution in [0.25, 0.3) is 0 Å². The summed E-state index contributed by atoms with van der Waals surface area (Å²) in [5.41, 5.74) is 3.03. The van der Waals surface area contributed by atoms with E-state index >= 15 is 0 Å². The van der Waals surface area contributed by atoms with Gasteiger partial charge in [-0.2, -0.15) is 0 Å². The van der Waals surface area contributed by atoms with E-state index in [2.05, 4.69) is 18.3 Å². The molecule has 1 N–H and O–H groups in total. The van der Waals surface area contributed by atoms with E-state index in [-0.39, 0.29) is 0 Å². The Labute approximate surface area is 119 Å². The Morgan fingerprint density at radius 2 is 2.26 bits per heavy atom. The lowest BCUT2D eigenvalue weighted by Gasteiger charge is -2.23. The summed E-state index contributed by atoms with van der Waals surface area (Å²) >= 11 is 2.02. The fourth-order valence-corrected chi connectivity index (χ4v) is 4.37. The van der Waals surface area contributed by atoms with Crippen LogP contribution in [-0.4, -0.2) is 13.2 Å². The maximum atomic E-state index is 5.54. The molecule has 1 aliphatic carbocycles. The highest BCUT2D eigenvalue weighted by atomic mass is 32.1. The highest BCUT2D eigenvalue weighted by molar-refractivity contribution is 7.12. The Hall–Kier alpha value is -0.800. The number of rotatable bonds is 5. The maximum Gasteiger partial charge on any atom is 0.0876 e. The number of thiophene rings is 1. The topological polar surface area (TPSA) is 21.3 Å².